The summed E-state index contributed by atoms with van der Waals surface area (Å²) in [5.41, 5.74) is 1.06. The summed E-state index contributed by atoms with van der Waals surface area (Å²) in [6.07, 6.45) is 0.253. The summed E-state index contributed by atoms with van der Waals surface area (Å²) in [5, 5.41) is 3.24. The maximum atomic E-state index is 5.40. The van der Waals surface area contributed by atoms with Crippen LogP contribution in [0, 0.1) is 11.8 Å². The SMILES string of the molecule is CCOC(C)CNCC#Cc1ccccc1. The Kier molecular flexibility index (Phi) is 6.32. The molecule has 1 unspecified atom stereocenters. The molecule has 1 rings (SSSR count). The number of hydrogen-bond acceptors (Lipinski definition) is 2. The second kappa shape index (κ2) is 7.92. The Balaban J connectivity index is 2.19. The van der Waals surface area contributed by atoms with Crippen LogP contribution < -0.4 is 5.32 Å². The van der Waals surface area contributed by atoms with Crippen molar-refractivity contribution in [2.75, 3.05) is 19.7 Å². The van der Waals surface area contributed by atoms with Crippen molar-refractivity contribution in [2.45, 2.75) is 20.0 Å². The molecule has 0 aliphatic heterocycles. The third-order valence-electron chi connectivity index (χ3n) is 2.10. The minimum absolute atomic E-state index is 0.253. The molecule has 0 fully saturated rings. The largest absolute Gasteiger partial charge is 0.377 e. The number of hydrogen-bond donors (Lipinski definition) is 1. The molecule has 0 aromatic heterocycles. The van der Waals surface area contributed by atoms with Crippen molar-refractivity contribution in [1.82, 2.24) is 5.32 Å². The Bertz CT molecular complexity index is 337. The van der Waals surface area contributed by atoms with Gasteiger partial charge >= 0.3 is 0 Å². The van der Waals surface area contributed by atoms with Gasteiger partial charge in [0.2, 0.25) is 0 Å². The van der Waals surface area contributed by atoms with E-state index in [0.29, 0.717) is 6.54 Å². The molecule has 1 aromatic carbocycles. The fraction of sp³-hybridized carbons (Fsp3) is 0.429. The topological polar surface area (TPSA) is 21.3 Å². The Hall–Kier alpha value is -1.30. The average Bonchev–Trinajstić information content (AvgIpc) is 2.30. The first-order valence-corrected chi connectivity index (χ1v) is 5.69. The second-order valence-corrected chi connectivity index (χ2v) is 3.56. The number of nitrogens with one attached hydrogen (secondary N) is 1. The minimum atomic E-state index is 0.253. The molecular weight excluding hydrogens is 198 g/mol. The van der Waals surface area contributed by atoms with Crippen molar-refractivity contribution in [2.24, 2.45) is 0 Å². The van der Waals surface area contributed by atoms with E-state index in [4.69, 9.17) is 4.74 Å². The highest BCUT2D eigenvalue weighted by molar-refractivity contribution is 5.33. The summed E-state index contributed by atoms with van der Waals surface area (Å²) in [4.78, 5) is 0. The maximum absolute atomic E-state index is 5.40. The first-order chi connectivity index (χ1) is 7.83. The molecule has 0 saturated heterocycles. The van der Waals surface area contributed by atoms with E-state index in [2.05, 4.69) is 24.1 Å². The van der Waals surface area contributed by atoms with Crippen LogP contribution in [0.3, 0.4) is 0 Å². The van der Waals surface area contributed by atoms with E-state index in [9.17, 15) is 0 Å². The molecule has 0 aliphatic rings. The van der Waals surface area contributed by atoms with Crippen molar-refractivity contribution in [3.05, 3.63) is 35.9 Å². The molecule has 0 heterocycles. The molecule has 2 nitrogen and oxygen atoms in total. The molecule has 0 spiro atoms. The third-order valence-corrected chi connectivity index (χ3v) is 2.10. The highest BCUT2D eigenvalue weighted by Gasteiger charge is 1.97. The van der Waals surface area contributed by atoms with Crippen LogP contribution in [-0.4, -0.2) is 25.8 Å². The molecule has 2 heteroatoms. The van der Waals surface area contributed by atoms with Crippen LogP contribution in [0.2, 0.25) is 0 Å². The van der Waals surface area contributed by atoms with Crippen LogP contribution in [0.15, 0.2) is 30.3 Å². The van der Waals surface area contributed by atoms with E-state index in [1.165, 1.54) is 0 Å². The predicted molar refractivity (Wildman–Crippen MR) is 67.3 cm³/mol. The van der Waals surface area contributed by atoms with E-state index in [1.807, 2.05) is 37.3 Å². The van der Waals surface area contributed by atoms with E-state index >= 15 is 0 Å². The first kappa shape index (κ1) is 12.8. The summed E-state index contributed by atoms with van der Waals surface area (Å²) < 4.78 is 5.40. The summed E-state index contributed by atoms with van der Waals surface area (Å²) in [6.45, 7) is 6.37. The van der Waals surface area contributed by atoms with Gasteiger partial charge in [0.25, 0.3) is 0 Å². The molecule has 0 saturated carbocycles. The number of rotatable bonds is 5. The van der Waals surface area contributed by atoms with Gasteiger partial charge in [-0.1, -0.05) is 30.0 Å². The fourth-order valence-electron chi connectivity index (χ4n) is 1.35. The monoisotopic (exact) mass is 217 g/mol. The van der Waals surface area contributed by atoms with Gasteiger partial charge in [-0.25, -0.2) is 0 Å². The summed E-state index contributed by atoms with van der Waals surface area (Å²) in [5.74, 6) is 6.18. The first-order valence-electron chi connectivity index (χ1n) is 5.69. The van der Waals surface area contributed by atoms with Crippen LogP contribution in [0.4, 0.5) is 0 Å². The lowest BCUT2D eigenvalue weighted by atomic mass is 10.2. The standard InChI is InChI=1S/C14H19NO/c1-3-16-13(2)12-15-11-7-10-14-8-5-4-6-9-14/h4-6,8-9,13,15H,3,11-12H2,1-2H3. The van der Waals surface area contributed by atoms with Crippen LogP contribution in [0.1, 0.15) is 19.4 Å². The van der Waals surface area contributed by atoms with Gasteiger partial charge in [0, 0.05) is 18.7 Å². The Morgan fingerprint density at radius 3 is 2.75 bits per heavy atom. The zero-order chi connectivity index (χ0) is 11.6. The molecule has 0 bridgehead atoms. The summed E-state index contributed by atoms with van der Waals surface area (Å²) >= 11 is 0. The van der Waals surface area contributed by atoms with Crippen molar-refractivity contribution >= 4 is 0 Å². The normalized spacial score (nSPS) is 11.6. The van der Waals surface area contributed by atoms with Gasteiger partial charge in [0.15, 0.2) is 0 Å². The van der Waals surface area contributed by atoms with Gasteiger partial charge in [-0.3, -0.25) is 0 Å². The lowest BCUT2D eigenvalue weighted by Crippen LogP contribution is -2.27. The van der Waals surface area contributed by atoms with Gasteiger partial charge in [-0.15, -0.1) is 0 Å². The van der Waals surface area contributed by atoms with Gasteiger partial charge in [-0.05, 0) is 26.0 Å². The Morgan fingerprint density at radius 1 is 1.31 bits per heavy atom. The molecule has 16 heavy (non-hydrogen) atoms. The fourth-order valence-corrected chi connectivity index (χ4v) is 1.35. The average molecular weight is 217 g/mol. The van der Waals surface area contributed by atoms with Crippen molar-refractivity contribution < 1.29 is 4.74 Å². The van der Waals surface area contributed by atoms with Gasteiger partial charge in [0.05, 0.1) is 12.6 Å². The second-order valence-electron chi connectivity index (χ2n) is 3.56. The van der Waals surface area contributed by atoms with Crippen molar-refractivity contribution in [1.29, 1.82) is 0 Å². The predicted octanol–water partition coefficient (Wildman–Crippen LogP) is 2.05. The highest BCUT2D eigenvalue weighted by Crippen LogP contribution is 1.94. The van der Waals surface area contributed by atoms with E-state index in [0.717, 1.165) is 18.7 Å². The third kappa shape index (κ3) is 5.55. The Labute approximate surface area is 98.0 Å². The molecule has 0 aliphatic carbocycles. The smallest absolute Gasteiger partial charge is 0.0671 e. The minimum Gasteiger partial charge on any atom is -0.377 e. The van der Waals surface area contributed by atoms with Crippen LogP contribution in [0.25, 0.3) is 0 Å². The number of benzene rings is 1. The Morgan fingerprint density at radius 2 is 2.06 bits per heavy atom. The molecule has 0 amide bonds. The molecule has 1 aromatic rings. The van der Waals surface area contributed by atoms with Gasteiger partial charge < -0.3 is 10.1 Å². The van der Waals surface area contributed by atoms with Crippen LogP contribution in [0.5, 0.6) is 0 Å². The van der Waals surface area contributed by atoms with Gasteiger partial charge in [-0.2, -0.15) is 0 Å². The van der Waals surface area contributed by atoms with Crippen LogP contribution >= 0.6 is 0 Å². The number of ether oxygens (including phenoxy) is 1. The van der Waals surface area contributed by atoms with Crippen molar-refractivity contribution in [3.63, 3.8) is 0 Å². The molecule has 1 N–H and O–H groups in total. The van der Waals surface area contributed by atoms with Crippen LogP contribution in [-0.2, 0) is 4.74 Å². The van der Waals surface area contributed by atoms with E-state index in [-0.39, 0.29) is 6.10 Å². The summed E-state index contributed by atoms with van der Waals surface area (Å²) in [7, 11) is 0. The van der Waals surface area contributed by atoms with E-state index in [1.54, 1.807) is 0 Å². The van der Waals surface area contributed by atoms with Gasteiger partial charge in [0.1, 0.15) is 0 Å². The lowest BCUT2D eigenvalue weighted by molar-refractivity contribution is 0.0770. The molecule has 1 atom stereocenters. The highest BCUT2D eigenvalue weighted by atomic mass is 16.5. The molecule has 0 radical (unpaired) electrons. The lowest BCUT2D eigenvalue weighted by Gasteiger charge is -2.10. The zero-order valence-corrected chi connectivity index (χ0v) is 9.99. The summed E-state index contributed by atoms with van der Waals surface area (Å²) in [6, 6.07) is 10.0. The van der Waals surface area contributed by atoms with Crippen molar-refractivity contribution in [3.8, 4) is 11.8 Å². The molecular formula is C14H19NO. The zero-order valence-electron chi connectivity index (χ0n) is 9.99. The molecule has 86 valence electrons. The maximum Gasteiger partial charge on any atom is 0.0671 e. The van der Waals surface area contributed by atoms with E-state index < -0.39 is 0 Å². The quantitative estimate of drug-likeness (QED) is 0.602.